The van der Waals surface area contributed by atoms with Gasteiger partial charge in [0.25, 0.3) is 0 Å². The number of hydrogen-bond donors (Lipinski definition) is 1. The Labute approximate surface area is 93.6 Å². The molecule has 16 heavy (non-hydrogen) atoms. The van der Waals surface area contributed by atoms with Gasteiger partial charge in [-0.2, -0.15) is 0 Å². The monoisotopic (exact) mass is 221 g/mol. The molecule has 0 unspecified atom stereocenters. The minimum atomic E-state index is -0.513. The first-order chi connectivity index (χ1) is 7.75. The Morgan fingerprint density at radius 2 is 2.56 bits per heavy atom. The van der Waals surface area contributed by atoms with Gasteiger partial charge in [-0.25, -0.2) is 4.98 Å². The van der Waals surface area contributed by atoms with Crippen molar-refractivity contribution < 1.29 is 14.3 Å². The lowest BCUT2D eigenvalue weighted by atomic mass is 10.2. The molecule has 1 aliphatic rings. The maximum atomic E-state index is 10.8. The molecule has 1 radical (unpaired) electrons. The number of ether oxygens (including phenoxy) is 2. The van der Waals surface area contributed by atoms with Crippen LogP contribution >= 0.6 is 0 Å². The summed E-state index contributed by atoms with van der Waals surface area (Å²) in [6, 6.07) is 3.47. The van der Waals surface area contributed by atoms with Gasteiger partial charge in [0, 0.05) is 18.2 Å². The minimum Gasteiger partial charge on any atom is -0.472 e. The highest BCUT2D eigenvalue weighted by molar-refractivity contribution is 5.87. The van der Waals surface area contributed by atoms with Crippen LogP contribution in [0.1, 0.15) is 12.0 Å². The fraction of sp³-hybridized carbons (Fsp3) is 0.364. The number of nitrogens with two attached hydrogens (primary N) is 1. The lowest BCUT2D eigenvalue weighted by Crippen LogP contribution is -2.19. The molecule has 1 aromatic heterocycles. The summed E-state index contributed by atoms with van der Waals surface area (Å²) >= 11 is 0. The third-order valence-electron chi connectivity index (χ3n) is 2.26. The average Bonchev–Trinajstić information content (AvgIpc) is 2.73. The maximum absolute atomic E-state index is 10.8. The summed E-state index contributed by atoms with van der Waals surface area (Å²) in [5.41, 5.74) is 5.70. The van der Waals surface area contributed by atoms with Gasteiger partial charge in [0.1, 0.15) is 6.10 Å². The van der Waals surface area contributed by atoms with Crippen LogP contribution in [-0.2, 0) is 9.53 Å². The summed E-state index contributed by atoms with van der Waals surface area (Å²) in [5, 5.41) is 0. The topological polar surface area (TPSA) is 74.4 Å². The van der Waals surface area contributed by atoms with E-state index in [-0.39, 0.29) is 6.10 Å². The van der Waals surface area contributed by atoms with E-state index in [1.807, 2.05) is 0 Å². The molecule has 1 saturated heterocycles. The summed E-state index contributed by atoms with van der Waals surface area (Å²) in [5.74, 6) is -0.0858. The molecule has 0 saturated carbocycles. The molecular weight excluding hydrogens is 208 g/mol. The van der Waals surface area contributed by atoms with Gasteiger partial charge in [0.15, 0.2) is 0 Å². The predicted molar refractivity (Wildman–Crippen MR) is 56.7 cm³/mol. The van der Waals surface area contributed by atoms with Gasteiger partial charge in [-0.1, -0.05) is 6.07 Å². The standard InChI is InChI=1S/C11H13N2O3/c12-10(14)6-8-2-1-4-13-11(8)16-9-3-5-15-7-9/h1-2,4,6,9H,3,5,7H2,(H2,12,14)/t9-/m1/s1. The van der Waals surface area contributed by atoms with Crippen LogP contribution in [0.2, 0.25) is 0 Å². The second kappa shape index (κ2) is 4.94. The number of rotatable bonds is 4. The Balaban J connectivity index is 2.09. The third kappa shape index (κ3) is 2.70. The number of carbonyl (C=O) groups is 1. The minimum absolute atomic E-state index is 0.00919. The summed E-state index contributed by atoms with van der Waals surface area (Å²) < 4.78 is 10.8. The number of aromatic nitrogens is 1. The molecule has 0 aliphatic carbocycles. The highest BCUT2D eigenvalue weighted by Gasteiger charge is 2.19. The van der Waals surface area contributed by atoms with Gasteiger partial charge < -0.3 is 15.2 Å². The largest absolute Gasteiger partial charge is 0.472 e. The molecule has 0 spiro atoms. The molecule has 1 aromatic rings. The van der Waals surface area contributed by atoms with Crippen molar-refractivity contribution in [3.05, 3.63) is 30.3 Å². The summed E-state index contributed by atoms with van der Waals surface area (Å²) in [6.45, 7) is 1.26. The van der Waals surface area contributed by atoms with E-state index in [2.05, 4.69) is 4.98 Å². The maximum Gasteiger partial charge on any atom is 0.226 e. The van der Waals surface area contributed by atoms with Crippen LogP contribution in [0.3, 0.4) is 0 Å². The summed E-state index contributed by atoms with van der Waals surface area (Å²) in [7, 11) is 0. The molecule has 5 heteroatoms. The number of carbonyl (C=O) groups excluding carboxylic acids is 1. The second-order valence-electron chi connectivity index (χ2n) is 3.55. The Kier molecular flexibility index (Phi) is 3.36. The van der Waals surface area contributed by atoms with Crippen molar-refractivity contribution in [1.82, 2.24) is 4.98 Å². The van der Waals surface area contributed by atoms with Crippen LogP contribution < -0.4 is 10.5 Å². The predicted octanol–water partition coefficient (Wildman–Crippen LogP) is 0.287. The van der Waals surface area contributed by atoms with Gasteiger partial charge in [0.2, 0.25) is 11.8 Å². The van der Waals surface area contributed by atoms with E-state index in [1.54, 1.807) is 18.3 Å². The van der Waals surface area contributed by atoms with Gasteiger partial charge >= 0.3 is 0 Å². The highest BCUT2D eigenvalue weighted by atomic mass is 16.5. The molecule has 2 heterocycles. The number of amides is 1. The van der Waals surface area contributed by atoms with Crippen molar-refractivity contribution in [2.24, 2.45) is 5.73 Å². The number of nitrogens with zero attached hydrogens (tertiary/aromatic N) is 1. The van der Waals surface area contributed by atoms with E-state index in [9.17, 15) is 4.79 Å². The summed E-state index contributed by atoms with van der Waals surface area (Å²) in [6.07, 6.45) is 3.77. The molecule has 0 aromatic carbocycles. The zero-order valence-corrected chi connectivity index (χ0v) is 8.76. The van der Waals surface area contributed by atoms with Crippen molar-refractivity contribution in [2.45, 2.75) is 12.5 Å². The molecule has 0 bridgehead atoms. The van der Waals surface area contributed by atoms with Gasteiger partial charge in [-0.05, 0) is 6.07 Å². The Morgan fingerprint density at radius 3 is 3.25 bits per heavy atom. The van der Waals surface area contributed by atoms with Crippen LogP contribution in [0.4, 0.5) is 0 Å². The molecule has 2 N–H and O–H groups in total. The second-order valence-corrected chi connectivity index (χ2v) is 3.55. The van der Waals surface area contributed by atoms with Crippen molar-refractivity contribution in [2.75, 3.05) is 13.2 Å². The van der Waals surface area contributed by atoms with E-state index in [0.29, 0.717) is 24.7 Å². The fourth-order valence-corrected chi connectivity index (χ4v) is 1.53. The van der Waals surface area contributed by atoms with E-state index in [4.69, 9.17) is 15.2 Å². The van der Waals surface area contributed by atoms with Crippen LogP contribution in [-0.4, -0.2) is 30.2 Å². The molecular formula is C11H13N2O3. The number of hydrogen-bond acceptors (Lipinski definition) is 4. The van der Waals surface area contributed by atoms with Gasteiger partial charge in [-0.15, -0.1) is 0 Å². The van der Waals surface area contributed by atoms with E-state index < -0.39 is 5.91 Å². The van der Waals surface area contributed by atoms with Crippen LogP contribution in [0.25, 0.3) is 0 Å². The Bertz CT molecular complexity index is 375. The Hall–Kier alpha value is -1.62. The first-order valence-corrected chi connectivity index (χ1v) is 5.09. The zero-order chi connectivity index (χ0) is 11.4. The van der Waals surface area contributed by atoms with Crippen molar-refractivity contribution in [1.29, 1.82) is 0 Å². The van der Waals surface area contributed by atoms with Gasteiger partial charge in [-0.3, -0.25) is 4.79 Å². The highest BCUT2D eigenvalue weighted by Crippen LogP contribution is 2.20. The smallest absolute Gasteiger partial charge is 0.226 e. The molecule has 1 aliphatic heterocycles. The molecule has 1 atom stereocenters. The number of pyridine rings is 1. The lowest BCUT2D eigenvalue weighted by molar-refractivity contribution is -0.114. The normalized spacial score (nSPS) is 19.6. The van der Waals surface area contributed by atoms with Crippen molar-refractivity contribution >= 4 is 5.91 Å². The molecule has 85 valence electrons. The molecule has 2 rings (SSSR count). The molecule has 5 nitrogen and oxygen atoms in total. The van der Waals surface area contributed by atoms with Crippen LogP contribution in [0.15, 0.2) is 18.3 Å². The van der Waals surface area contributed by atoms with Crippen molar-refractivity contribution in [3.8, 4) is 5.88 Å². The Morgan fingerprint density at radius 1 is 1.69 bits per heavy atom. The summed E-state index contributed by atoms with van der Waals surface area (Å²) in [4.78, 5) is 14.9. The number of primary amides is 1. The average molecular weight is 221 g/mol. The quantitative estimate of drug-likeness (QED) is 0.792. The first kappa shape index (κ1) is 10.9. The third-order valence-corrected chi connectivity index (χ3v) is 2.26. The van der Waals surface area contributed by atoms with Gasteiger partial charge in [0.05, 0.1) is 19.6 Å². The fourth-order valence-electron chi connectivity index (χ4n) is 1.53. The van der Waals surface area contributed by atoms with Crippen molar-refractivity contribution in [3.63, 3.8) is 0 Å². The SMILES string of the molecule is NC(=O)[CH]c1cccnc1O[C@@H]1CCOC1. The van der Waals surface area contributed by atoms with E-state index in [0.717, 1.165) is 6.42 Å². The van der Waals surface area contributed by atoms with Crippen LogP contribution in [0.5, 0.6) is 5.88 Å². The molecule has 1 fully saturated rings. The van der Waals surface area contributed by atoms with E-state index in [1.165, 1.54) is 6.42 Å². The van der Waals surface area contributed by atoms with Crippen LogP contribution in [0, 0.1) is 6.42 Å². The lowest BCUT2D eigenvalue weighted by Gasteiger charge is -2.13. The molecule has 1 amide bonds. The van der Waals surface area contributed by atoms with E-state index >= 15 is 0 Å². The first-order valence-electron chi connectivity index (χ1n) is 5.09. The zero-order valence-electron chi connectivity index (χ0n) is 8.76.